The molecule has 2 aliphatic rings. The number of nitrogens with zero attached hydrogens (tertiary/aromatic N) is 3. The highest BCUT2D eigenvalue weighted by atomic mass is 16.2. The summed E-state index contributed by atoms with van der Waals surface area (Å²) in [6.45, 7) is 1.74. The van der Waals surface area contributed by atoms with Crippen molar-refractivity contribution in [1.29, 1.82) is 5.26 Å². The van der Waals surface area contributed by atoms with Gasteiger partial charge in [-0.25, -0.2) is 4.68 Å². The number of amides is 1. The molecule has 0 aromatic carbocycles. The number of anilines is 1. The smallest absolute Gasteiger partial charge is 0.245 e. The predicted molar refractivity (Wildman–Crippen MR) is 64.7 cm³/mol. The molecule has 1 saturated carbocycles. The van der Waals surface area contributed by atoms with Gasteiger partial charge in [-0.15, -0.1) is 0 Å². The Morgan fingerprint density at radius 3 is 2.89 bits per heavy atom. The molecule has 94 valence electrons. The maximum absolute atomic E-state index is 12.1. The van der Waals surface area contributed by atoms with E-state index >= 15 is 0 Å². The molecule has 1 amide bonds. The molecular weight excluding hydrogens is 230 g/mol. The minimum atomic E-state index is -0.813. The van der Waals surface area contributed by atoms with Crippen LogP contribution in [0.1, 0.15) is 25.3 Å². The average molecular weight is 245 g/mol. The van der Waals surface area contributed by atoms with Crippen molar-refractivity contribution in [3.63, 3.8) is 0 Å². The Balaban J connectivity index is 1.75. The summed E-state index contributed by atoms with van der Waals surface area (Å²) in [6.07, 6.45) is 3.95. The van der Waals surface area contributed by atoms with Gasteiger partial charge >= 0.3 is 0 Å². The Hall–Kier alpha value is -1.87. The summed E-state index contributed by atoms with van der Waals surface area (Å²) in [5, 5.41) is 19.4. The van der Waals surface area contributed by atoms with Gasteiger partial charge in [-0.1, -0.05) is 0 Å². The van der Waals surface area contributed by atoms with Crippen molar-refractivity contribution in [3.05, 3.63) is 12.3 Å². The number of carbonyl (C=O) groups is 1. The van der Waals surface area contributed by atoms with E-state index in [0.717, 1.165) is 19.5 Å². The van der Waals surface area contributed by atoms with Gasteiger partial charge in [-0.3, -0.25) is 4.79 Å². The highest BCUT2D eigenvalue weighted by molar-refractivity contribution is 5.97. The minimum Gasteiger partial charge on any atom is -0.312 e. The first-order valence-corrected chi connectivity index (χ1v) is 6.22. The van der Waals surface area contributed by atoms with Crippen LogP contribution in [0.5, 0.6) is 0 Å². The fraction of sp³-hybridized carbons (Fsp3) is 0.583. The van der Waals surface area contributed by atoms with Crippen molar-refractivity contribution in [2.45, 2.75) is 25.3 Å². The van der Waals surface area contributed by atoms with Crippen molar-refractivity contribution in [2.75, 3.05) is 18.4 Å². The molecule has 2 N–H and O–H groups in total. The normalized spacial score (nSPS) is 21.5. The summed E-state index contributed by atoms with van der Waals surface area (Å²) in [6, 6.07) is 4.23. The van der Waals surface area contributed by atoms with Gasteiger partial charge in [0.1, 0.15) is 11.2 Å². The van der Waals surface area contributed by atoms with Crippen molar-refractivity contribution in [1.82, 2.24) is 15.1 Å². The topological polar surface area (TPSA) is 82.7 Å². The van der Waals surface area contributed by atoms with Crippen molar-refractivity contribution in [3.8, 4) is 6.07 Å². The third-order valence-corrected chi connectivity index (χ3v) is 3.87. The second-order valence-corrected chi connectivity index (χ2v) is 4.97. The van der Waals surface area contributed by atoms with E-state index in [9.17, 15) is 4.79 Å². The zero-order valence-corrected chi connectivity index (χ0v) is 10.0. The predicted octanol–water partition coefficient (Wildman–Crippen LogP) is 0.660. The quantitative estimate of drug-likeness (QED) is 0.819. The maximum atomic E-state index is 12.1. The summed E-state index contributed by atoms with van der Waals surface area (Å²) in [4.78, 5) is 12.1. The number of rotatable bonds is 3. The molecule has 0 atom stereocenters. The van der Waals surface area contributed by atoms with Crippen LogP contribution < -0.4 is 10.6 Å². The first kappa shape index (κ1) is 11.2. The van der Waals surface area contributed by atoms with Crippen LogP contribution in [0.25, 0.3) is 0 Å². The summed E-state index contributed by atoms with van der Waals surface area (Å²) in [7, 11) is 0. The molecule has 6 nitrogen and oxygen atoms in total. The highest BCUT2D eigenvalue weighted by Gasteiger charge is 2.45. The Bertz CT molecular complexity index is 507. The maximum Gasteiger partial charge on any atom is 0.245 e. The van der Waals surface area contributed by atoms with Gasteiger partial charge < -0.3 is 10.6 Å². The van der Waals surface area contributed by atoms with Crippen molar-refractivity contribution in [2.24, 2.45) is 5.41 Å². The largest absolute Gasteiger partial charge is 0.312 e. The van der Waals surface area contributed by atoms with Gasteiger partial charge in [0.15, 0.2) is 0 Å². The molecule has 2 fully saturated rings. The van der Waals surface area contributed by atoms with Crippen LogP contribution in [-0.4, -0.2) is 28.8 Å². The Labute approximate surface area is 105 Å². The molecule has 1 aliphatic heterocycles. The van der Waals surface area contributed by atoms with Crippen LogP contribution in [0.2, 0.25) is 0 Å². The fourth-order valence-electron chi connectivity index (χ4n) is 2.31. The Morgan fingerprint density at radius 2 is 2.39 bits per heavy atom. The van der Waals surface area contributed by atoms with E-state index < -0.39 is 5.41 Å². The third-order valence-electron chi connectivity index (χ3n) is 3.87. The number of aromatic nitrogens is 2. The molecule has 1 aliphatic carbocycles. The van der Waals surface area contributed by atoms with E-state index in [1.165, 1.54) is 0 Å². The summed E-state index contributed by atoms with van der Waals surface area (Å²) in [5.74, 6) is 0.498. The number of hydrogen-bond donors (Lipinski definition) is 2. The van der Waals surface area contributed by atoms with E-state index in [2.05, 4.69) is 21.8 Å². The summed E-state index contributed by atoms with van der Waals surface area (Å²) in [5.41, 5.74) is -0.813. The second kappa shape index (κ2) is 4.10. The van der Waals surface area contributed by atoms with Crippen LogP contribution in [0.3, 0.4) is 0 Å². The molecule has 0 unspecified atom stereocenters. The number of nitrogens with one attached hydrogen (secondary N) is 2. The lowest BCUT2D eigenvalue weighted by Crippen LogP contribution is -2.45. The monoisotopic (exact) mass is 245 g/mol. The van der Waals surface area contributed by atoms with Crippen LogP contribution >= 0.6 is 0 Å². The first-order valence-electron chi connectivity index (χ1n) is 6.22. The molecule has 2 heterocycles. The van der Waals surface area contributed by atoms with E-state index in [1.54, 1.807) is 12.3 Å². The summed E-state index contributed by atoms with van der Waals surface area (Å²) >= 11 is 0. The molecule has 0 spiro atoms. The van der Waals surface area contributed by atoms with Gasteiger partial charge in [-0.05, 0) is 19.3 Å². The number of carbonyl (C=O) groups excluding carboxylic acids is 1. The van der Waals surface area contributed by atoms with Crippen LogP contribution in [0.15, 0.2) is 12.3 Å². The molecule has 6 heteroatoms. The fourth-order valence-corrected chi connectivity index (χ4v) is 2.31. The van der Waals surface area contributed by atoms with Crippen molar-refractivity contribution >= 4 is 11.7 Å². The van der Waals surface area contributed by atoms with Crippen LogP contribution in [0.4, 0.5) is 5.82 Å². The molecule has 3 rings (SSSR count). The number of nitriles is 1. The molecule has 1 saturated heterocycles. The van der Waals surface area contributed by atoms with Crippen molar-refractivity contribution < 1.29 is 4.79 Å². The summed E-state index contributed by atoms with van der Waals surface area (Å²) < 4.78 is 1.82. The molecule has 0 radical (unpaired) electrons. The highest BCUT2D eigenvalue weighted by Crippen LogP contribution is 2.41. The van der Waals surface area contributed by atoms with Gasteiger partial charge in [-0.2, -0.15) is 10.4 Å². The molecule has 18 heavy (non-hydrogen) atoms. The minimum absolute atomic E-state index is 0.190. The van der Waals surface area contributed by atoms with Gasteiger partial charge in [0.2, 0.25) is 5.91 Å². The lowest BCUT2D eigenvalue weighted by atomic mass is 9.69. The van der Waals surface area contributed by atoms with E-state index in [-0.39, 0.29) is 5.91 Å². The average Bonchev–Trinajstić information content (AvgIpc) is 2.63. The van der Waals surface area contributed by atoms with E-state index in [4.69, 9.17) is 5.26 Å². The van der Waals surface area contributed by atoms with E-state index in [0.29, 0.717) is 24.7 Å². The number of hydrogen-bond acceptors (Lipinski definition) is 4. The van der Waals surface area contributed by atoms with Crippen LogP contribution in [-0.2, 0) is 4.79 Å². The Morgan fingerprint density at radius 1 is 1.61 bits per heavy atom. The molecule has 1 aromatic heterocycles. The standard InChI is InChI=1S/C12H15N5O/c13-8-12(3-1-4-12)11(18)16-10-2-5-15-17(10)9-6-14-7-9/h2,5,9,14H,1,3-4,6-7H2,(H,16,18). The lowest BCUT2D eigenvalue weighted by Gasteiger charge is -2.34. The molecular formula is C12H15N5O. The lowest BCUT2D eigenvalue weighted by molar-refractivity contribution is -0.126. The first-order chi connectivity index (χ1) is 8.75. The molecule has 0 bridgehead atoms. The Kier molecular flexibility index (Phi) is 2.56. The molecule has 1 aromatic rings. The van der Waals surface area contributed by atoms with Gasteiger partial charge in [0.05, 0.1) is 18.3 Å². The van der Waals surface area contributed by atoms with Gasteiger partial charge in [0.25, 0.3) is 0 Å². The van der Waals surface area contributed by atoms with Crippen LogP contribution in [0, 0.1) is 16.7 Å². The zero-order chi connectivity index (χ0) is 12.6. The SMILES string of the molecule is N#CC1(C(=O)Nc2ccnn2C2CNC2)CCC1. The third kappa shape index (κ3) is 1.59. The zero-order valence-electron chi connectivity index (χ0n) is 10.0. The second-order valence-electron chi connectivity index (χ2n) is 4.97. The van der Waals surface area contributed by atoms with Gasteiger partial charge in [0, 0.05) is 19.2 Å². The van der Waals surface area contributed by atoms with E-state index in [1.807, 2.05) is 4.68 Å².